The summed E-state index contributed by atoms with van der Waals surface area (Å²) in [4.78, 5) is 13.1. The van der Waals surface area contributed by atoms with E-state index in [9.17, 15) is 4.79 Å². The second-order valence-electron chi connectivity index (χ2n) is 4.58. The van der Waals surface area contributed by atoms with Gasteiger partial charge in [0.2, 0.25) is 0 Å². The maximum absolute atomic E-state index is 11.7. The second kappa shape index (κ2) is 5.61. The van der Waals surface area contributed by atoms with Crippen molar-refractivity contribution in [2.24, 2.45) is 0 Å². The van der Waals surface area contributed by atoms with E-state index in [2.05, 4.69) is 6.07 Å². The monoisotopic (exact) mass is 260 g/mol. The Morgan fingerprint density at radius 3 is 2.68 bits per heavy atom. The average Bonchev–Trinajstić information content (AvgIpc) is 2.39. The molecular weight excluding hydrogens is 244 g/mol. The number of rotatable bonds is 3. The van der Waals surface area contributed by atoms with Crippen LogP contribution in [0.15, 0.2) is 24.3 Å². The van der Waals surface area contributed by atoms with Crippen LogP contribution in [0.5, 0.6) is 5.75 Å². The summed E-state index contributed by atoms with van der Waals surface area (Å²) in [5.41, 5.74) is 0.646. The van der Waals surface area contributed by atoms with Gasteiger partial charge < -0.3 is 9.47 Å². The van der Waals surface area contributed by atoms with Crippen LogP contribution in [0.4, 0.5) is 10.5 Å². The Kier molecular flexibility index (Phi) is 3.91. The quantitative estimate of drug-likeness (QED) is 0.838. The van der Waals surface area contributed by atoms with E-state index in [1.54, 1.807) is 24.3 Å². The summed E-state index contributed by atoms with van der Waals surface area (Å²) in [6.07, 6.45) is 0.139. The highest BCUT2D eigenvalue weighted by atomic mass is 16.6. The van der Waals surface area contributed by atoms with E-state index in [-0.39, 0.29) is 6.10 Å². The van der Waals surface area contributed by atoms with Gasteiger partial charge in [-0.3, -0.25) is 4.90 Å². The minimum Gasteiger partial charge on any atom is -0.491 e. The van der Waals surface area contributed by atoms with Crippen molar-refractivity contribution >= 4 is 11.8 Å². The molecule has 2 rings (SSSR count). The first-order valence-electron chi connectivity index (χ1n) is 6.24. The van der Waals surface area contributed by atoms with Gasteiger partial charge >= 0.3 is 6.09 Å². The molecule has 1 amide bonds. The molecule has 1 saturated heterocycles. The van der Waals surface area contributed by atoms with E-state index in [0.717, 1.165) is 5.75 Å². The maximum atomic E-state index is 11.7. The predicted molar refractivity (Wildman–Crippen MR) is 70.1 cm³/mol. The van der Waals surface area contributed by atoms with E-state index < -0.39 is 12.1 Å². The van der Waals surface area contributed by atoms with Crippen molar-refractivity contribution in [2.45, 2.75) is 32.4 Å². The first-order valence-corrected chi connectivity index (χ1v) is 6.24. The zero-order chi connectivity index (χ0) is 13.8. The van der Waals surface area contributed by atoms with Gasteiger partial charge in [0.25, 0.3) is 0 Å². The van der Waals surface area contributed by atoms with E-state index >= 15 is 0 Å². The molecule has 1 unspecified atom stereocenters. The van der Waals surface area contributed by atoms with Gasteiger partial charge in [0.15, 0.2) is 0 Å². The summed E-state index contributed by atoms with van der Waals surface area (Å²) >= 11 is 0. The normalized spacial score (nSPS) is 18.9. The predicted octanol–water partition coefficient (Wildman–Crippen LogP) is 2.71. The molecule has 0 N–H and O–H groups in total. The lowest BCUT2D eigenvalue weighted by Gasteiger charge is -2.30. The van der Waals surface area contributed by atoms with Crippen LogP contribution in [0.1, 0.15) is 20.3 Å². The van der Waals surface area contributed by atoms with Crippen molar-refractivity contribution in [1.82, 2.24) is 0 Å². The molecule has 0 spiro atoms. The molecule has 1 aliphatic heterocycles. The number of hydrogen-bond acceptors (Lipinski definition) is 4. The lowest BCUT2D eigenvalue weighted by atomic mass is 10.1. The van der Waals surface area contributed by atoms with E-state index in [4.69, 9.17) is 14.7 Å². The molecule has 5 heteroatoms. The third-order valence-electron chi connectivity index (χ3n) is 2.76. The highest BCUT2D eigenvalue weighted by Crippen LogP contribution is 2.25. The largest absolute Gasteiger partial charge is 0.491 e. The van der Waals surface area contributed by atoms with Gasteiger partial charge in [0, 0.05) is 12.1 Å². The van der Waals surface area contributed by atoms with E-state index in [1.165, 1.54) is 4.90 Å². The molecule has 0 aliphatic carbocycles. The fraction of sp³-hybridized carbons (Fsp3) is 0.429. The minimum absolute atomic E-state index is 0.0951. The van der Waals surface area contributed by atoms with E-state index in [0.29, 0.717) is 18.7 Å². The highest BCUT2D eigenvalue weighted by Gasteiger charge is 2.30. The van der Waals surface area contributed by atoms with Crippen LogP contribution < -0.4 is 9.64 Å². The summed E-state index contributed by atoms with van der Waals surface area (Å²) in [6.45, 7) is 4.19. The summed E-state index contributed by atoms with van der Waals surface area (Å²) in [7, 11) is 0. The Morgan fingerprint density at radius 2 is 2.11 bits per heavy atom. The molecule has 100 valence electrons. The van der Waals surface area contributed by atoms with Gasteiger partial charge in [-0.25, -0.2) is 4.79 Å². The van der Waals surface area contributed by atoms with Gasteiger partial charge in [-0.2, -0.15) is 5.26 Å². The molecule has 19 heavy (non-hydrogen) atoms. The molecule has 0 saturated carbocycles. The number of carbonyl (C=O) groups is 1. The Bertz CT molecular complexity index is 490. The van der Waals surface area contributed by atoms with Crippen molar-refractivity contribution < 1.29 is 14.3 Å². The van der Waals surface area contributed by atoms with Crippen LogP contribution in [-0.4, -0.2) is 24.8 Å². The van der Waals surface area contributed by atoms with Crippen molar-refractivity contribution in [1.29, 1.82) is 5.26 Å². The first-order chi connectivity index (χ1) is 9.11. The molecule has 0 radical (unpaired) electrons. The molecule has 1 aromatic rings. The summed E-state index contributed by atoms with van der Waals surface area (Å²) < 4.78 is 10.5. The van der Waals surface area contributed by atoms with Crippen LogP contribution in [0.2, 0.25) is 0 Å². The molecular formula is C14H16N2O3. The average molecular weight is 260 g/mol. The lowest BCUT2D eigenvalue weighted by Crippen LogP contribution is -2.45. The van der Waals surface area contributed by atoms with Gasteiger partial charge in [-0.1, -0.05) is 0 Å². The third kappa shape index (κ3) is 2.97. The number of carbonyl (C=O) groups excluding carboxylic acids is 1. The molecule has 1 atom stereocenters. The highest BCUT2D eigenvalue weighted by molar-refractivity contribution is 5.89. The smallest absolute Gasteiger partial charge is 0.415 e. The molecule has 5 nitrogen and oxygen atoms in total. The first kappa shape index (κ1) is 13.2. The fourth-order valence-corrected chi connectivity index (χ4v) is 1.95. The number of cyclic esters (lactones) is 1. The van der Waals surface area contributed by atoms with Gasteiger partial charge in [0.05, 0.1) is 18.8 Å². The molecule has 1 aliphatic rings. The van der Waals surface area contributed by atoms with E-state index in [1.807, 2.05) is 13.8 Å². The number of nitrogens with zero attached hydrogens (tertiary/aromatic N) is 2. The maximum Gasteiger partial charge on any atom is 0.415 e. The molecule has 1 aromatic carbocycles. The Labute approximate surface area is 112 Å². The van der Waals surface area contributed by atoms with Crippen molar-refractivity contribution in [3.63, 3.8) is 0 Å². The molecule has 0 bridgehead atoms. The Balaban J connectivity index is 2.20. The minimum atomic E-state index is -0.477. The zero-order valence-electron chi connectivity index (χ0n) is 11.0. The number of benzene rings is 1. The number of ether oxygens (including phenoxy) is 2. The number of amides is 1. The van der Waals surface area contributed by atoms with Crippen LogP contribution in [0.3, 0.4) is 0 Å². The van der Waals surface area contributed by atoms with Gasteiger partial charge in [0.1, 0.15) is 11.8 Å². The standard InChI is InChI=1S/C14H16N2O3/c1-10(2)19-13-5-3-11(4-6-13)16-12(9-15)7-8-18-14(16)17/h3-6,10,12H,7-8H2,1-2H3. The molecule has 1 heterocycles. The Morgan fingerprint density at radius 1 is 1.42 bits per heavy atom. The fourth-order valence-electron chi connectivity index (χ4n) is 1.95. The number of nitriles is 1. The van der Waals surface area contributed by atoms with Crippen molar-refractivity contribution in [3.05, 3.63) is 24.3 Å². The summed E-state index contributed by atoms with van der Waals surface area (Å²) in [5.74, 6) is 0.734. The SMILES string of the molecule is CC(C)Oc1ccc(N2C(=O)OCCC2C#N)cc1. The molecule has 1 fully saturated rings. The van der Waals surface area contributed by atoms with Gasteiger partial charge in [-0.15, -0.1) is 0 Å². The number of anilines is 1. The van der Waals surface area contributed by atoms with Crippen LogP contribution in [-0.2, 0) is 4.74 Å². The second-order valence-corrected chi connectivity index (χ2v) is 4.58. The summed E-state index contributed by atoms with van der Waals surface area (Å²) in [6, 6.07) is 8.73. The lowest BCUT2D eigenvalue weighted by molar-refractivity contribution is 0.134. The Hall–Kier alpha value is -2.22. The van der Waals surface area contributed by atoms with Crippen LogP contribution in [0, 0.1) is 11.3 Å². The summed E-state index contributed by atoms with van der Waals surface area (Å²) in [5, 5.41) is 9.09. The van der Waals surface area contributed by atoms with Crippen molar-refractivity contribution in [3.8, 4) is 11.8 Å². The van der Waals surface area contributed by atoms with Crippen molar-refractivity contribution in [2.75, 3.05) is 11.5 Å². The molecule has 0 aromatic heterocycles. The van der Waals surface area contributed by atoms with Crippen LogP contribution >= 0.6 is 0 Å². The zero-order valence-corrected chi connectivity index (χ0v) is 11.0. The topological polar surface area (TPSA) is 62.6 Å². The number of hydrogen-bond donors (Lipinski definition) is 0. The van der Waals surface area contributed by atoms with Gasteiger partial charge in [-0.05, 0) is 38.1 Å². The van der Waals surface area contributed by atoms with Crippen LogP contribution in [0.25, 0.3) is 0 Å². The third-order valence-corrected chi connectivity index (χ3v) is 2.76.